The summed E-state index contributed by atoms with van der Waals surface area (Å²) in [5.41, 5.74) is 5.73. The minimum Gasteiger partial charge on any atom is -0.239 e. The van der Waals surface area contributed by atoms with Crippen molar-refractivity contribution in [2.75, 3.05) is 11.5 Å². The summed E-state index contributed by atoms with van der Waals surface area (Å²) in [6.07, 6.45) is 0. The maximum atomic E-state index is 4.95. The lowest BCUT2D eigenvalue weighted by Gasteiger charge is -2.16. The molecule has 2 aromatic carbocycles. The molecule has 1 aliphatic heterocycles. The van der Waals surface area contributed by atoms with Crippen molar-refractivity contribution in [1.82, 2.24) is 0 Å². The predicted molar refractivity (Wildman–Crippen MR) is 106 cm³/mol. The summed E-state index contributed by atoms with van der Waals surface area (Å²) >= 11 is 3.61. The lowest BCUT2D eigenvalue weighted by molar-refractivity contribution is 1.33. The molecule has 0 aliphatic carbocycles. The number of benzene rings is 2. The van der Waals surface area contributed by atoms with Crippen molar-refractivity contribution in [3.05, 3.63) is 59.2 Å². The summed E-state index contributed by atoms with van der Waals surface area (Å²) in [6.45, 7) is 6.33. The summed E-state index contributed by atoms with van der Waals surface area (Å²) in [4.78, 5) is 9.83. The van der Waals surface area contributed by atoms with Crippen LogP contribution in [0.25, 0.3) is 0 Å². The smallest absolute Gasteiger partial charge is 0.129 e. The van der Waals surface area contributed by atoms with E-state index >= 15 is 0 Å². The summed E-state index contributed by atoms with van der Waals surface area (Å²) in [5, 5.41) is 2.08. The zero-order chi connectivity index (χ0) is 16.2. The van der Waals surface area contributed by atoms with Crippen LogP contribution < -0.4 is 0 Å². The number of hydrogen-bond acceptors (Lipinski definition) is 4. The van der Waals surface area contributed by atoms with Crippen LogP contribution in [0.4, 0.5) is 11.4 Å². The van der Waals surface area contributed by atoms with E-state index in [1.807, 2.05) is 23.9 Å². The Morgan fingerprint density at radius 1 is 0.696 bits per heavy atom. The first-order valence-corrected chi connectivity index (χ1v) is 9.67. The third-order valence-corrected chi connectivity index (χ3v) is 6.05. The summed E-state index contributed by atoms with van der Waals surface area (Å²) in [5.74, 6) is 2.17. The average molecular weight is 341 g/mol. The first-order chi connectivity index (χ1) is 11.1. The van der Waals surface area contributed by atoms with Gasteiger partial charge in [0.1, 0.15) is 10.1 Å². The highest BCUT2D eigenvalue weighted by Gasteiger charge is 2.18. The van der Waals surface area contributed by atoms with E-state index in [0.717, 1.165) is 33.0 Å². The summed E-state index contributed by atoms with van der Waals surface area (Å²) < 4.78 is 0. The second-order valence-corrected chi connectivity index (χ2v) is 7.72. The Labute approximate surface area is 146 Å². The highest BCUT2D eigenvalue weighted by atomic mass is 32.2. The highest BCUT2D eigenvalue weighted by molar-refractivity contribution is 8.27. The molecule has 3 rings (SSSR count). The van der Waals surface area contributed by atoms with Gasteiger partial charge >= 0.3 is 0 Å². The SMILES string of the molecule is Cc1ccccc1N=C1SCCSC1=Nc1c(C)cccc1C. The zero-order valence-electron chi connectivity index (χ0n) is 13.7. The number of aliphatic imine (C=N–C) groups is 2. The lowest BCUT2D eigenvalue weighted by atomic mass is 10.1. The molecular weight excluding hydrogens is 320 g/mol. The molecule has 0 saturated carbocycles. The van der Waals surface area contributed by atoms with E-state index < -0.39 is 0 Å². The van der Waals surface area contributed by atoms with Gasteiger partial charge in [-0.05, 0) is 43.5 Å². The molecule has 1 heterocycles. The van der Waals surface area contributed by atoms with E-state index in [4.69, 9.17) is 9.98 Å². The maximum absolute atomic E-state index is 4.95. The van der Waals surface area contributed by atoms with Crippen molar-refractivity contribution in [1.29, 1.82) is 0 Å². The van der Waals surface area contributed by atoms with E-state index in [9.17, 15) is 0 Å². The van der Waals surface area contributed by atoms with Crippen molar-refractivity contribution in [2.24, 2.45) is 9.98 Å². The van der Waals surface area contributed by atoms with Gasteiger partial charge < -0.3 is 0 Å². The van der Waals surface area contributed by atoms with Crippen LogP contribution in [0.15, 0.2) is 52.4 Å². The number of nitrogens with zero attached hydrogens (tertiary/aromatic N) is 2. The molecule has 0 N–H and O–H groups in total. The van der Waals surface area contributed by atoms with Crippen LogP contribution in [0.5, 0.6) is 0 Å². The largest absolute Gasteiger partial charge is 0.239 e. The van der Waals surface area contributed by atoms with Crippen LogP contribution in [-0.2, 0) is 0 Å². The van der Waals surface area contributed by atoms with Gasteiger partial charge in [-0.15, -0.1) is 23.5 Å². The van der Waals surface area contributed by atoms with Gasteiger partial charge in [-0.1, -0.05) is 36.4 Å². The molecule has 0 radical (unpaired) electrons. The molecular formula is C19H20N2S2. The molecule has 0 amide bonds. The molecule has 1 saturated heterocycles. The molecule has 0 bridgehead atoms. The maximum Gasteiger partial charge on any atom is 0.129 e. The first-order valence-electron chi connectivity index (χ1n) is 7.70. The van der Waals surface area contributed by atoms with Crippen LogP contribution in [0.3, 0.4) is 0 Å². The Kier molecular flexibility index (Phi) is 5.23. The van der Waals surface area contributed by atoms with Gasteiger partial charge in [0.15, 0.2) is 0 Å². The predicted octanol–water partition coefficient (Wildman–Crippen LogP) is 5.85. The third-order valence-electron chi connectivity index (χ3n) is 3.73. The standard InChI is InChI=1S/C19H20N2S2/c1-13-7-4-5-10-16(13)20-18-19(23-12-11-22-18)21-17-14(2)8-6-9-15(17)3/h4-10H,11-12H2,1-3H3. The second-order valence-electron chi connectivity index (χ2n) is 5.56. The number of rotatable bonds is 2. The van der Waals surface area contributed by atoms with Crippen LogP contribution in [0, 0.1) is 20.8 Å². The highest BCUT2D eigenvalue weighted by Crippen LogP contribution is 2.31. The Bertz CT molecular complexity index is 758. The van der Waals surface area contributed by atoms with Crippen molar-refractivity contribution in [3.8, 4) is 0 Å². The summed E-state index contributed by atoms with van der Waals surface area (Å²) in [6, 6.07) is 14.6. The van der Waals surface area contributed by atoms with E-state index in [-0.39, 0.29) is 0 Å². The van der Waals surface area contributed by atoms with Gasteiger partial charge in [-0.25, -0.2) is 9.98 Å². The molecule has 2 aromatic rings. The second kappa shape index (κ2) is 7.37. The molecule has 0 spiro atoms. The quantitative estimate of drug-likeness (QED) is 0.685. The topological polar surface area (TPSA) is 24.7 Å². The Morgan fingerprint density at radius 2 is 1.26 bits per heavy atom. The van der Waals surface area contributed by atoms with Gasteiger partial charge in [0.05, 0.1) is 11.4 Å². The first kappa shape index (κ1) is 16.3. The van der Waals surface area contributed by atoms with Gasteiger partial charge in [0.2, 0.25) is 0 Å². The minimum atomic E-state index is 1.03. The number of hydrogen-bond donors (Lipinski definition) is 0. The van der Waals surface area contributed by atoms with Crippen molar-refractivity contribution >= 4 is 45.0 Å². The fourth-order valence-electron chi connectivity index (χ4n) is 2.44. The van der Waals surface area contributed by atoms with E-state index in [1.54, 1.807) is 11.8 Å². The monoisotopic (exact) mass is 340 g/mol. The number of thioether (sulfide) groups is 2. The summed E-state index contributed by atoms with van der Waals surface area (Å²) in [7, 11) is 0. The van der Waals surface area contributed by atoms with Crippen LogP contribution in [0.1, 0.15) is 16.7 Å². The Balaban J connectivity index is 2.03. The molecule has 0 unspecified atom stereocenters. The van der Waals surface area contributed by atoms with Crippen LogP contribution in [0.2, 0.25) is 0 Å². The van der Waals surface area contributed by atoms with E-state index in [1.165, 1.54) is 16.7 Å². The van der Waals surface area contributed by atoms with Gasteiger partial charge in [0.25, 0.3) is 0 Å². The number of para-hydroxylation sites is 2. The average Bonchev–Trinajstić information content (AvgIpc) is 2.55. The molecule has 1 fully saturated rings. The Hall–Kier alpha value is -1.52. The zero-order valence-corrected chi connectivity index (χ0v) is 15.3. The van der Waals surface area contributed by atoms with Crippen molar-refractivity contribution < 1.29 is 0 Å². The molecule has 2 nitrogen and oxygen atoms in total. The van der Waals surface area contributed by atoms with E-state index in [2.05, 4.69) is 51.1 Å². The molecule has 4 heteroatoms. The normalized spacial score (nSPS) is 18.6. The van der Waals surface area contributed by atoms with Crippen LogP contribution in [-0.4, -0.2) is 21.6 Å². The van der Waals surface area contributed by atoms with Gasteiger partial charge in [-0.2, -0.15) is 0 Å². The van der Waals surface area contributed by atoms with E-state index in [0.29, 0.717) is 0 Å². The van der Waals surface area contributed by atoms with Crippen LogP contribution >= 0.6 is 23.5 Å². The third kappa shape index (κ3) is 3.88. The number of aryl methyl sites for hydroxylation is 3. The van der Waals surface area contributed by atoms with Crippen molar-refractivity contribution in [2.45, 2.75) is 20.8 Å². The molecule has 0 atom stereocenters. The Morgan fingerprint density at radius 3 is 1.91 bits per heavy atom. The van der Waals surface area contributed by atoms with Crippen molar-refractivity contribution in [3.63, 3.8) is 0 Å². The van der Waals surface area contributed by atoms with Gasteiger partial charge in [-0.3, -0.25) is 0 Å². The molecule has 118 valence electrons. The molecule has 0 aromatic heterocycles. The molecule has 1 aliphatic rings. The fourth-order valence-corrected chi connectivity index (χ4v) is 4.51. The molecule has 23 heavy (non-hydrogen) atoms. The fraction of sp³-hybridized carbons (Fsp3) is 0.263. The van der Waals surface area contributed by atoms with Gasteiger partial charge in [0, 0.05) is 11.5 Å². The minimum absolute atomic E-state index is 1.03. The lowest BCUT2D eigenvalue weighted by Crippen LogP contribution is -2.14.